The highest BCUT2D eigenvalue weighted by Gasteiger charge is 2.16. The molecule has 3 rings (SSSR count). The Morgan fingerprint density at radius 1 is 0.767 bits per heavy atom. The first-order chi connectivity index (χ1) is 14.2. The van der Waals surface area contributed by atoms with Gasteiger partial charge < -0.3 is 0 Å². The standard InChI is InChI=1S/C28H32BO/c1-8-18(3)23-9-11-24(12-10-23)28(30)25-15-21(6)27(22(7)16-25)29-26-19(4)13-17(2)14-20(26)5/h9-16,18H,8H2,1-7H3. The van der Waals surface area contributed by atoms with Gasteiger partial charge in [-0.1, -0.05) is 89.0 Å². The summed E-state index contributed by atoms with van der Waals surface area (Å²) in [5, 5.41) is 0. The van der Waals surface area contributed by atoms with Crippen LogP contribution in [0.4, 0.5) is 0 Å². The third-order valence-corrected chi connectivity index (χ3v) is 6.24. The molecule has 0 saturated carbocycles. The van der Waals surface area contributed by atoms with Gasteiger partial charge in [0.15, 0.2) is 13.1 Å². The van der Waals surface area contributed by atoms with Crippen molar-refractivity contribution in [3.63, 3.8) is 0 Å². The zero-order chi connectivity index (χ0) is 22.0. The first-order valence-electron chi connectivity index (χ1n) is 10.9. The minimum atomic E-state index is 0.0890. The largest absolute Gasteiger partial charge is 0.289 e. The maximum atomic E-state index is 13.1. The van der Waals surface area contributed by atoms with E-state index in [1.807, 2.05) is 24.3 Å². The zero-order valence-electron chi connectivity index (χ0n) is 19.4. The number of hydrogen-bond donors (Lipinski definition) is 0. The second kappa shape index (κ2) is 9.04. The van der Waals surface area contributed by atoms with Gasteiger partial charge in [-0.25, -0.2) is 0 Å². The molecular formula is C28H32BO. The Balaban J connectivity index is 1.90. The lowest BCUT2D eigenvalue weighted by molar-refractivity contribution is 0.103. The predicted molar refractivity (Wildman–Crippen MR) is 130 cm³/mol. The van der Waals surface area contributed by atoms with Gasteiger partial charge in [-0.15, -0.1) is 0 Å². The van der Waals surface area contributed by atoms with E-state index in [1.54, 1.807) is 0 Å². The van der Waals surface area contributed by atoms with E-state index < -0.39 is 0 Å². The van der Waals surface area contributed by atoms with Crippen LogP contribution >= 0.6 is 0 Å². The molecule has 0 fully saturated rings. The predicted octanol–water partition coefficient (Wildman–Crippen LogP) is 5.63. The van der Waals surface area contributed by atoms with Crippen LogP contribution in [-0.2, 0) is 0 Å². The molecule has 1 atom stereocenters. The van der Waals surface area contributed by atoms with Crippen molar-refractivity contribution in [2.75, 3.05) is 0 Å². The number of benzene rings is 3. The Labute approximate surface area is 182 Å². The van der Waals surface area contributed by atoms with Gasteiger partial charge in [0.05, 0.1) is 0 Å². The van der Waals surface area contributed by atoms with Gasteiger partial charge in [-0.05, 0) is 64.7 Å². The molecule has 2 heteroatoms. The quantitative estimate of drug-likeness (QED) is 0.391. The number of carbonyl (C=O) groups excluding carboxylic acids is 1. The highest BCUT2D eigenvalue weighted by atomic mass is 16.1. The summed E-state index contributed by atoms with van der Waals surface area (Å²) in [6.45, 7) is 15.1. The van der Waals surface area contributed by atoms with Gasteiger partial charge >= 0.3 is 0 Å². The summed E-state index contributed by atoms with van der Waals surface area (Å²) in [5.41, 5.74) is 11.4. The van der Waals surface area contributed by atoms with Crippen LogP contribution in [0.5, 0.6) is 0 Å². The molecule has 3 aromatic carbocycles. The molecule has 0 bridgehead atoms. The summed E-state index contributed by atoms with van der Waals surface area (Å²) < 4.78 is 0. The second-order valence-electron chi connectivity index (χ2n) is 8.74. The molecule has 1 nitrogen and oxygen atoms in total. The average Bonchev–Trinajstić information content (AvgIpc) is 2.71. The lowest BCUT2D eigenvalue weighted by Crippen LogP contribution is -2.35. The Bertz CT molecular complexity index is 1030. The van der Waals surface area contributed by atoms with Crippen molar-refractivity contribution in [3.8, 4) is 0 Å². The maximum absolute atomic E-state index is 13.1. The molecule has 0 aliphatic carbocycles. The summed E-state index contributed by atoms with van der Waals surface area (Å²) >= 11 is 0. The molecule has 30 heavy (non-hydrogen) atoms. The van der Waals surface area contributed by atoms with Crippen molar-refractivity contribution >= 4 is 24.0 Å². The van der Waals surface area contributed by atoms with E-state index >= 15 is 0 Å². The molecule has 0 saturated heterocycles. The van der Waals surface area contributed by atoms with Crippen LogP contribution in [0.3, 0.4) is 0 Å². The van der Waals surface area contributed by atoms with Crippen molar-refractivity contribution in [1.29, 1.82) is 0 Å². The van der Waals surface area contributed by atoms with E-state index in [9.17, 15) is 4.79 Å². The highest BCUT2D eigenvalue weighted by Crippen LogP contribution is 2.20. The van der Waals surface area contributed by atoms with E-state index in [-0.39, 0.29) is 5.78 Å². The average molecular weight is 395 g/mol. The van der Waals surface area contributed by atoms with E-state index in [0.29, 0.717) is 5.92 Å². The number of ketones is 1. The number of hydrogen-bond acceptors (Lipinski definition) is 1. The van der Waals surface area contributed by atoms with Crippen molar-refractivity contribution in [2.24, 2.45) is 0 Å². The van der Waals surface area contributed by atoms with Crippen LogP contribution in [0, 0.1) is 34.6 Å². The lowest BCUT2D eigenvalue weighted by Gasteiger charge is -2.16. The maximum Gasteiger partial charge on any atom is 0.193 e. The van der Waals surface area contributed by atoms with Gasteiger partial charge in [-0.2, -0.15) is 0 Å². The summed E-state index contributed by atoms with van der Waals surface area (Å²) in [6, 6.07) is 16.6. The van der Waals surface area contributed by atoms with Gasteiger partial charge in [0.25, 0.3) is 0 Å². The summed E-state index contributed by atoms with van der Waals surface area (Å²) in [7, 11) is 2.27. The third-order valence-electron chi connectivity index (χ3n) is 6.24. The minimum absolute atomic E-state index is 0.0890. The van der Waals surface area contributed by atoms with Gasteiger partial charge in [0.2, 0.25) is 0 Å². The van der Waals surface area contributed by atoms with Crippen LogP contribution in [0.15, 0.2) is 48.5 Å². The van der Waals surface area contributed by atoms with Crippen molar-refractivity contribution in [1.82, 2.24) is 0 Å². The number of rotatable bonds is 6. The van der Waals surface area contributed by atoms with E-state index in [1.165, 1.54) is 33.2 Å². The molecule has 0 aliphatic rings. The molecule has 0 N–H and O–H groups in total. The van der Waals surface area contributed by atoms with Crippen molar-refractivity contribution in [3.05, 3.63) is 93.0 Å². The van der Waals surface area contributed by atoms with Crippen LogP contribution in [-0.4, -0.2) is 13.1 Å². The molecule has 0 amide bonds. The summed E-state index contributed by atoms with van der Waals surface area (Å²) in [5.74, 6) is 0.605. The van der Waals surface area contributed by atoms with E-state index in [2.05, 4.69) is 80.0 Å². The molecular weight excluding hydrogens is 363 g/mol. The molecule has 0 spiro atoms. The molecule has 0 heterocycles. The molecule has 153 valence electrons. The first kappa shape index (κ1) is 22.1. The summed E-state index contributed by atoms with van der Waals surface area (Å²) in [6.07, 6.45) is 1.10. The number of aryl methyl sites for hydroxylation is 5. The molecule has 1 unspecified atom stereocenters. The zero-order valence-corrected chi connectivity index (χ0v) is 19.4. The fourth-order valence-corrected chi connectivity index (χ4v) is 4.26. The van der Waals surface area contributed by atoms with Crippen molar-refractivity contribution in [2.45, 2.75) is 60.8 Å². The minimum Gasteiger partial charge on any atom is -0.289 e. The molecule has 1 radical (unpaired) electrons. The Morgan fingerprint density at radius 2 is 1.23 bits per heavy atom. The fraction of sp³-hybridized carbons (Fsp3) is 0.321. The second-order valence-corrected chi connectivity index (χ2v) is 8.74. The van der Waals surface area contributed by atoms with Gasteiger partial charge in [0, 0.05) is 11.1 Å². The van der Waals surface area contributed by atoms with Crippen molar-refractivity contribution < 1.29 is 4.79 Å². The molecule has 0 aromatic heterocycles. The van der Waals surface area contributed by atoms with Crippen LogP contribution in [0.1, 0.15) is 75.5 Å². The van der Waals surface area contributed by atoms with Gasteiger partial charge in [0.1, 0.15) is 0 Å². The monoisotopic (exact) mass is 395 g/mol. The van der Waals surface area contributed by atoms with E-state index in [0.717, 1.165) is 28.7 Å². The Morgan fingerprint density at radius 3 is 1.70 bits per heavy atom. The Hall–Kier alpha value is -2.61. The molecule has 3 aromatic rings. The topological polar surface area (TPSA) is 17.1 Å². The number of carbonyl (C=O) groups is 1. The first-order valence-corrected chi connectivity index (χ1v) is 10.9. The van der Waals surface area contributed by atoms with Crippen LogP contribution in [0.25, 0.3) is 0 Å². The van der Waals surface area contributed by atoms with Gasteiger partial charge in [-0.3, -0.25) is 4.79 Å². The smallest absolute Gasteiger partial charge is 0.193 e. The van der Waals surface area contributed by atoms with E-state index in [4.69, 9.17) is 0 Å². The Kier molecular flexibility index (Phi) is 6.66. The highest BCUT2D eigenvalue weighted by molar-refractivity contribution is 6.69. The van der Waals surface area contributed by atoms with Crippen LogP contribution in [0.2, 0.25) is 0 Å². The normalized spacial score (nSPS) is 12.0. The third kappa shape index (κ3) is 4.59. The SMILES string of the molecule is CCC(C)c1ccc(C(=O)c2cc(C)c([B]c3c(C)cc(C)cc3C)c(C)c2)cc1. The lowest BCUT2D eigenvalue weighted by atomic mass is 9.58. The van der Waals surface area contributed by atoms with Crippen LogP contribution < -0.4 is 10.9 Å². The molecule has 0 aliphatic heterocycles. The fourth-order valence-electron chi connectivity index (χ4n) is 4.26. The summed E-state index contributed by atoms with van der Waals surface area (Å²) in [4.78, 5) is 13.1.